The number of hydrogen-bond donors (Lipinski definition) is 1. The first-order valence-corrected chi connectivity index (χ1v) is 12.9. The fourth-order valence-electron chi connectivity index (χ4n) is 4.37. The summed E-state index contributed by atoms with van der Waals surface area (Å²) in [7, 11) is -3.55. The maximum atomic E-state index is 12.9. The van der Waals surface area contributed by atoms with Crippen molar-refractivity contribution in [3.63, 3.8) is 0 Å². The average Bonchev–Trinajstić information content (AvgIpc) is 3.07. The second-order valence-corrected chi connectivity index (χ2v) is 10.2. The molecule has 7 nitrogen and oxygen atoms in total. The third-order valence-corrected chi connectivity index (χ3v) is 7.93. The number of nitrogens with one attached hydrogen (secondary N) is 1. The minimum absolute atomic E-state index is 0.0598. The maximum absolute atomic E-state index is 12.9. The number of hydrogen-bond acceptors (Lipinski definition) is 5. The summed E-state index contributed by atoms with van der Waals surface area (Å²) in [6.45, 7) is 7.30. The molecule has 1 aromatic rings. The summed E-state index contributed by atoms with van der Waals surface area (Å²) in [5.74, 6) is 1.19. The van der Waals surface area contributed by atoms with Gasteiger partial charge in [0.25, 0.3) is 0 Å². The molecule has 1 N–H and O–H groups in total. The molecule has 3 rings (SSSR count). The number of rotatable bonds is 7. The van der Waals surface area contributed by atoms with Gasteiger partial charge in [-0.3, -0.25) is 4.79 Å². The molecule has 30 heavy (non-hydrogen) atoms. The molecule has 2 fully saturated rings. The molecule has 2 aliphatic rings. The van der Waals surface area contributed by atoms with E-state index in [4.69, 9.17) is 0 Å². The summed E-state index contributed by atoms with van der Waals surface area (Å²) in [4.78, 5) is 21.7. The minimum atomic E-state index is -3.55. The fraction of sp³-hybridized carbons (Fsp3) is 0.727. The summed E-state index contributed by atoms with van der Waals surface area (Å²) >= 11 is 0. The topological polar surface area (TPSA) is 82.6 Å². The van der Waals surface area contributed by atoms with E-state index in [1.165, 1.54) is 19.0 Å². The molecule has 0 bridgehead atoms. The molecule has 0 aliphatic carbocycles. The molecule has 168 valence electrons. The van der Waals surface area contributed by atoms with Gasteiger partial charge in [-0.2, -0.15) is 0 Å². The number of nitrogens with zero attached hydrogens (tertiary/aromatic N) is 3. The molecule has 0 radical (unpaired) electrons. The van der Waals surface area contributed by atoms with Crippen LogP contribution in [0.1, 0.15) is 65.2 Å². The van der Waals surface area contributed by atoms with E-state index in [1.54, 1.807) is 12.1 Å². The van der Waals surface area contributed by atoms with Crippen LogP contribution in [-0.2, 0) is 14.8 Å². The van der Waals surface area contributed by atoms with E-state index in [0.29, 0.717) is 5.91 Å². The molecule has 0 aromatic carbocycles. The Bertz CT molecular complexity index is 777. The lowest BCUT2D eigenvalue weighted by Gasteiger charge is -2.34. The van der Waals surface area contributed by atoms with Crippen molar-refractivity contribution in [1.29, 1.82) is 0 Å². The molecule has 1 aromatic heterocycles. The van der Waals surface area contributed by atoms with Gasteiger partial charge in [-0.1, -0.05) is 26.7 Å². The van der Waals surface area contributed by atoms with E-state index in [2.05, 4.69) is 19.5 Å². The zero-order chi connectivity index (χ0) is 21.6. The van der Waals surface area contributed by atoms with Crippen molar-refractivity contribution < 1.29 is 13.2 Å². The van der Waals surface area contributed by atoms with Gasteiger partial charge >= 0.3 is 0 Å². The molecular weight excluding hydrogens is 400 g/mol. The van der Waals surface area contributed by atoms with Gasteiger partial charge in [0.05, 0.1) is 0 Å². The van der Waals surface area contributed by atoms with E-state index < -0.39 is 10.0 Å². The SMILES string of the molecule is CCC(CC)NS(=O)(=O)c1ccc(N2CCC(C(=O)N3CCCCCC3)CC2)nc1. The van der Waals surface area contributed by atoms with Crippen molar-refractivity contribution in [2.75, 3.05) is 31.1 Å². The zero-order valence-electron chi connectivity index (χ0n) is 18.3. The van der Waals surface area contributed by atoms with Crippen LogP contribution in [0, 0.1) is 5.92 Å². The monoisotopic (exact) mass is 436 g/mol. The van der Waals surface area contributed by atoms with Crippen LogP contribution in [0.5, 0.6) is 0 Å². The molecule has 0 saturated carbocycles. The lowest BCUT2D eigenvalue weighted by molar-refractivity contribution is -0.136. The van der Waals surface area contributed by atoms with E-state index in [-0.39, 0.29) is 16.9 Å². The molecule has 0 spiro atoms. The number of carbonyl (C=O) groups excluding carboxylic acids is 1. The van der Waals surface area contributed by atoms with Gasteiger partial charge in [-0.05, 0) is 50.7 Å². The highest BCUT2D eigenvalue weighted by Gasteiger charge is 2.29. The van der Waals surface area contributed by atoms with Crippen LogP contribution in [-0.4, -0.2) is 56.4 Å². The van der Waals surface area contributed by atoms with Gasteiger partial charge in [0.1, 0.15) is 10.7 Å². The Morgan fingerprint density at radius 1 is 1.07 bits per heavy atom. The number of carbonyl (C=O) groups is 1. The number of anilines is 1. The highest BCUT2D eigenvalue weighted by molar-refractivity contribution is 7.89. The molecule has 8 heteroatoms. The standard InChI is InChI=1S/C22H36N4O3S/c1-3-19(4-2)24-30(28,29)20-9-10-21(23-17-20)25-15-11-18(12-16-25)22(27)26-13-7-5-6-8-14-26/h9-10,17-19,24H,3-8,11-16H2,1-2H3. The number of pyridine rings is 1. The molecule has 0 unspecified atom stereocenters. The van der Waals surface area contributed by atoms with Crippen LogP contribution in [0.2, 0.25) is 0 Å². The first-order chi connectivity index (χ1) is 14.4. The van der Waals surface area contributed by atoms with Gasteiger partial charge in [0, 0.05) is 44.3 Å². The quantitative estimate of drug-likeness (QED) is 0.710. The Morgan fingerprint density at radius 2 is 1.70 bits per heavy atom. The van der Waals surface area contributed by atoms with Crippen molar-refractivity contribution in [2.24, 2.45) is 5.92 Å². The van der Waals surface area contributed by atoms with E-state index in [1.807, 2.05) is 13.8 Å². The second-order valence-electron chi connectivity index (χ2n) is 8.49. The lowest BCUT2D eigenvalue weighted by Crippen LogP contribution is -2.43. The summed E-state index contributed by atoms with van der Waals surface area (Å²) in [5, 5.41) is 0. The van der Waals surface area contributed by atoms with Crippen molar-refractivity contribution in [2.45, 2.75) is 76.2 Å². The Kier molecular flexibility index (Phi) is 8.11. The summed E-state index contributed by atoms with van der Waals surface area (Å²) < 4.78 is 27.8. The average molecular weight is 437 g/mol. The Labute approximate surface area is 181 Å². The predicted octanol–water partition coefficient (Wildman–Crippen LogP) is 3.17. The number of likely N-dealkylation sites (tertiary alicyclic amines) is 1. The van der Waals surface area contributed by atoms with Crippen molar-refractivity contribution >= 4 is 21.7 Å². The van der Waals surface area contributed by atoms with Crippen LogP contribution in [0.25, 0.3) is 0 Å². The van der Waals surface area contributed by atoms with Crippen LogP contribution < -0.4 is 9.62 Å². The van der Waals surface area contributed by atoms with Crippen molar-refractivity contribution in [3.05, 3.63) is 18.3 Å². The number of aromatic nitrogens is 1. The zero-order valence-corrected chi connectivity index (χ0v) is 19.2. The molecule has 1 amide bonds. The molecule has 2 saturated heterocycles. The Hall–Kier alpha value is -1.67. The fourth-order valence-corrected chi connectivity index (χ4v) is 5.71. The minimum Gasteiger partial charge on any atom is -0.357 e. The third-order valence-electron chi connectivity index (χ3n) is 6.42. The van der Waals surface area contributed by atoms with E-state index in [9.17, 15) is 13.2 Å². The maximum Gasteiger partial charge on any atom is 0.242 e. The molecule has 0 atom stereocenters. The van der Waals surface area contributed by atoms with Crippen LogP contribution >= 0.6 is 0 Å². The number of sulfonamides is 1. The first kappa shape index (κ1) is 23.0. The van der Waals surface area contributed by atoms with Crippen molar-refractivity contribution in [3.8, 4) is 0 Å². The molecular formula is C22H36N4O3S. The van der Waals surface area contributed by atoms with Crippen LogP contribution in [0.4, 0.5) is 5.82 Å². The smallest absolute Gasteiger partial charge is 0.242 e. The lowest BCUT2D eigenvalue weighted by atomic mass is 9.95. The van der Waals surface area contributed by atoms with Gasteiger partial charge in [-0.25, -0.2) is 18.1 Å². The summed E-state index contributed by atoms with van der Waals surface area (Å²) in [6, 6.07) is 3.34. The third kappa shape index (κ3) is 5.72. The van der Waals surface area contributed by atoms with E-state index >= 15 is 0 Å². The highest BCUT2D eigenvalue weighted by atomic mass is 32.2. The normalized spacial score (nSPS) is 19.2. The molecule has 2 aliphatic heterocycles. The van der Waals surface area contributed by atoms with Crippen LogP contribution in [0.15, 0.2) is 23.2 Å². The number of piperidine rings is 1. The van der Waals surface area contributed by atoms with Gasteiger partial charge < -0.3 is 9.80 Å². The molecule has 3 heterocycles. The van der Waals surface area contributed by atoms with Crippen molar-refractivity contribution in [1.82, 2.24) is 14.6 Å². The Morgan fingerprint density at radius 3 is 2.23 bits per heavy atom. The highest BCUT2D eigenvalue weighted by Crippen LogP contribution is 2.25. The van der Waals surface area contributed by atoms with Gasteiger partial charge in [-0.15, -0.1) is 0 Å². The first-order valence-electron chi connectivity index (χ1n) is 11.5. The summed E-state index contributed by atoms with van der Waals surface area (Å²) in [5.41, 5.74) is 0. The second kappa shape index (κ2) is 10.6. The largest absolute Gasteiger partial charge is 0.357 e. The summed E-state index contributed by atoms with van der Waals surface area (Å²) in [6.07, 6.45) is 9.30. The van der Waals surface area contributed by atoms with E-state index in [0.717, 1.165) is 70.5 Å². The predicted molar refractivity (Wildman–Crippen MR) is 119 cm³/mol. The van der Waals surface area contributed by atoms with Crippen LogP contribution in [0.3, 0.4) is 0 Å². The van der Waals surface area contributed by atoms with Gasteiger partial charge in [0.15, 0.2) is 0 Å². The number of amides is 1. The Balaban J connectivity index is 1.56. The van der Waals surface area contributed by atoms with Gasteiger partial charge in [0.2, 0.25) is 15.9 Å².